The number of Topliss-reactive ketones (excluding diaryl/α,β-unsaturated/α-hetero) is 1. The highest BCUT2D eigenvalue weighted by Crippen LogP contribution is 2.16. The van der Waals surface area contributed by atoms with Gasteiger partial charge in [-0.1, -0.05) is 0 Å². The molecule has 0 unspecified atom stereocenters. The molecule has 3 nitrogen and oxygen atoms in total. The van der Waals surface area contributed by atoms with Crippen molar-refractivity contribution in [3.8, 4) is 6.07 Å². The van der Waals surface area contributed by atoms with Gasteiger partial charge in [0.05, 0.1) is 11.4 Å². The van der Waals surface area contributed by atoms with Crippen LogP contribution in [0.25, 0.3) is 0 Å². The lowest BCUT2D eigenvalue weighted by Gasteiger charge is -2.05. The van der Waals surface area contributed by atoms with Crippen LogP contribution in [0, 0.1) is 18.3 Å². The lowest BCUT2D eigenvalue weighted by Crippen LogP contribution is -2.06. The van der Waals surface area contributed by atoms with Crippen LogP contribution in [0.15, 0.2) is 12.1 Å². The summed E-state index contributed by atoms with van der Waals surface area (Å²) in [5, 5.41) is 8.87. The molecule has 1 aromatic rings. The number of carbonyl (C=O) groups is 2. The Morgan fingerprint density at radius 3 is 2.73 bits per heavy atom. The lowest BCUT2D eigenvalue weighted by atomic mass is 9.97. The van der Waals surface area contributed by atoms with Gasteiger partial charge in [0.15, 0.2) is 5.78 Å². The second-order valence-corrected chi connectivity index (χ2v) is 3.31. The summed E-state index contributed by atoms with van der Waals surface area (Å²) in [6, 6.07) is 4.89. The first-order chi connectivity index (χ1) is 7.13. The van der Waals surface area contributed by atoms with Crippen molar-refractivity contribution >= 4 is 23.7 Å². The third kappa shape index (κ3) is 2.23. The van der Waals surface area contributed by atoms with Gasteiger partial charge in [0.1, 0.15) is 12.4 Å². The molecule has 0 fully saturated rings. The molecule has 76 valence electrons. The van der Waals surface area contributed by atoms with Crippen LogP contribution in [0.4, 0.5) is 0 Å². The third-order valence-corrected chi connectivity index (χ3v) is 2.27. The maximum atomic E-state index is 11.4. The van der Waals surface area contributed by atoms with E-state index in [9.17, 15) is 9.59 Å². The Morgan fingerprint density at radius 2 is 2.27 bits per heavy atom. The van der Waals surface area contributed by atoms with Crippen molar-refractivity contribution in [3.63, 3.8) is 0 Å². The van der Waals surface area contributed by atoms with E-state index in [4.69, 9.17) is 16.9 Å². The van der Waals surface area contributed by atoms with Crippen molar-refractivity contribution in [2.75, 3.05) is 5.88 Å². The molecule has 0 aromatic heterocycles. The number of nitrogens with zero attached hydrogens (tertiary/aromatic N) is 1. The first-order valence-corrected chi connectivity index (χ1v) is 4.76. The minimum atomic E-state index is -0.347. The average Bonchev–Trinajstić information content (AvgIpc) is 2.26. The molecule has 0 aliphatic carbocycles. The normalized spacial score (nSPS) is 9.40. The van der Waals surface area contributed by atoms with E-state index in [0.29, 0.717) is 17.4 Å². The molecular formula is C11H8ClNO2. The maximum absolute atomic E-state index is 11.4. The van der Waals surface area contributed by atoms with Crippen molar-refractivity contribution in [2.24, 2.45) is 0 Å². The molecule has 1 aromatic carbocycles. The molecule has 0 atom stereocenters. The van der Waals surface area contributed by atoms with Crippen molar-refractivity contribution in [1.29, 1.82) is 5.26 Å². The molecular weight excluding hydrogens is 214 g/mol. The Kier molecular flexibility index (Phi) is 3.59. The van der Waals surface area contributed by atoms with Gasteiger partial charge in [-0.05, 0) is 24.6 Å². The van der Waals surface area contributed by atoms with Gasteiger partial charge >= 0.3 is 0 Å². The highest BCUT2D eigenvalue weighted by molar-refractivity contribution is 6.30. The number of ketones is 1. The van der Waals surface area contributed by atoms with Crippen LogP contribution in [0.2, 0.25) is 0 Å². The second-order valence-electron chi connectivity index (χ2n) is 3.05. The number of nitriles is 1. The van der Waals surface area contributed by atoms with E-state index in [0.717, 1.165) is 0 Å². The molecule has 0 amide bonds. The summed E-state index contributed by atoms with van der Waals surface area (Å²) in [6.45, 7) is 1.68. The fourth-order valence-electron chi connectivity index (χ4n) is 1.32. The zero-order valence-electron chi connectivity index (χ0n) is 8.08. The number of hydrogen-bond donors (Lipinski definition) is 0. The van der Waals surface area contributed by atoms with Crippen molar-refractivity contribution in [3.05, 3.63) is 34.4 Å². The van der Waals surface area contributed by atoms with Crippen LogP contribution in [0.3, 0.4) is 0 Å². The number of aldehydes is 1. The fraction of sp³-hybridized carbons (Fsp3) is 0.182. The molecule has 0 radical (unpaired) electrons. The smallest absolute Gasteiger partial charge is 0.178 e. The van der Waals surface area contributed by atoms with Gasteiger partial charge in [0, 0.05) is 11.1 Å². The van der Waals surface area contributed by atoms with Gasteiger partial charge in [-0.25, -0.2) is 0 Å². The molecule has 15 heavy (non-hydrogen) atoms. The zero-order chi connectivity index (χ0) is 11.4. The van der Waals surface area contributed by atoms with Crippen LogP contribution in [-0.2, 0) is 0 Å². The Bertz CT molecular complexity index is 460. The Hall–Kier alpha value is -1.66. The van der Waals surface area contributed by atoms with E-state index in [1.165, 1.54) is 6.07 Å². The Morgan fingerprint density at radius 1 is 1.60 bits per heavy atom. The molecule has 1 rings (SSSR count). The molecule has 0 aliphatic heterocycles. The third-order valence-electron chi connectivity index (χ3n) is 2.03. The van der Waals surface area contributed by atoms with Gasteiger partial charge in [-0.15, -0.1) is 11.6 Å². The summed E-state index contributed by atoms with van der Waals surface area (Å²) in [6.07, 6.45) is 0.638. The summed E-state index contributed by atoms with van der Waals surface area (Å²) in [5.74, 6) is -0.545. The number of hydrogen-bond acceptors (Lipinski definition) is 3. The van der Waals surface area contributed by atoms with Gasteiger partial charge < -0.3 is 0 Å². The highest BCUT2D eigenvalue weighted by atomic mass is 35.5. The second kappa shape index (κ2) is 4.72. The van der Waals surface area contributed by atoms with Gasteiger partial charge in [0.25, 0.3) is 0 Å². The minimum Gasteiger partial charge on any atom is -0.298 e. The lowest BCUT2D eigenvalue weighted by molar-refractivity contribution is 0.102. The van der Waals surface area contributed by atoms with Crippen molar-refractivity contribution in [1.82, 2.24) is 0 Å². The number of benzene rings is 1. The number of rotatable bonds is 3. The number of alkyl halides is 1. The molecule has 0 spiro atoms. The monoisotopic (exact) mass is 221 g/mol. The van der Waals surface area contributed by atoms with Gasteiger partial charge in [0.2, 0.25) is 0 Å². The average molecular weight is 222 g/mol. The van der Waals surface area contributed by atoms with Crippen LogP contribution in [0.1, 0.15) is 31.8 Å². The molecule has 0 aliphatic rings. The van der Waals surface area contributed by atoms with E-state index in [1.54, 1.807) is 13.0 Å². The van der Waals surface area contributed by atoms with Gasteiger partial charge in [-0.2, -0.15) is 5.26 Å². The Balaban J connectivity index is 3.47. The summed E-state index contributed by atoms with van der Waals surface area (Å²) in [5.41, 5.74) is 1.48. The summed E-state index contributed by atoms with van der Waals surface area (Å²) < 4.78 is 0. The van der Waals surface area contributed by atoms with Crippen LogP contribution >= 0.6 is 11.6 Å². The highest BCUT2D eigenvalue weighted by Gasteiger charge is 2.13. The first-order valence-electron chi connectivity index (χ1n) is 4.23. The molecule has 0 saturated heterocycles. The van der Waals surface area contributed by atoms with E-state index < -0.39 is 0 Å². The van der Waals surface area contributed by atoms with Crippen LogP contribution in [-0.4, -0.2) is 17.9 Å². The molecule has 4 heteroatoms. The summed E-state index contributed by atoms with van der Waals surface area (Å²) in [4.78, 5) is 22.0. The quantitative estimate of drug-likeness (QED) is 0.446. The van der Waals surface area contributed by atoms with E-state index in [2.05, 4.69) is 0 Å². The number of halogens is 1. The standard InChI is InChI=1S/C11H8ClNO2/c1-7-2-8(6-14)3-9(10(7)5-13)11(15)4-12/h2-3,6H,4H2,1H3. The van der Waals surface area contributed by atoms with E-state index >= 15 is 0 Å². The van der Waals surface area contributed by atoms with E-state index in [1.807, 2.05) is 6.07 Å². The zero-order valence-corrected chi connectivity index (χ0v) is 8.84. The van der Waals surface area contributed by atoms with Gasteiger partial charge in [-0.3, -0.25) is 9.59 Å². The molecule has 0 N–H and O–H groups in total. The maximum Gasteiger partial charge on any atom is 0.178 e. The largest absolute Gasteiger partial charge is 0.298 e. The topological polar surface area (TPSA) is 57.9 Å². The molecule has 0 heterocycles. The fourth-order valence-corrected chi connectivity index (χ4v) is 1.47. The van der Waals surface area contributed by atoms with Crippen LogP contribution in [0.5, 0.6) is 0 Å². The number of carbonyl (C=O) groups excluding carboxylic acids is 2. The summed E-state index contributed by atoms with van der Waals surface area (Å²) >= 11 is 5.42. The van der Waals surface area contributed by atoms with E-state index in [-0.39, 0.29) is 22.8 Å². The number of aryl methyl sites for hydroxylation is 1. The molecule has 0 saturated carbocycles. The summed E-state index contributed by atoms with van der Waals surface area (Å²) in [7, 11) is 0. The molecule has 0 bridgehead atoms. The van der Waals surface area contributed by atoms with Crippen LogP contribution < -0.4 is 0 Å². The first kappa shape index (κ1) is 11.4. The Labute approximate surface area is 92.3 Å². The predicted molar refractivity (Wildman–Crippen MR) is 56.3 cm³/mol. The minimum absolute atomic E-state index is 0.198. The van der Waals surface area contributed by atoms with Crippen molar-refractivity contribution in [2.45, 2.75) is 6.92 Å². The SMILES string of the molecule is Cc1cc(C=O)cc(C(=O)CCl)c1C#N. The predicted octanol–water partition coefficient (Wildman–Crippen LogP) is 2.10. The van der Waals surface area contributed by atoms with Crippen molar-refractivity contribution < 1.29 is 9.59 Å².